The lowest BCUT2D eigenvalue weighted by molar-refractivity contribution is 0.110. The minimum Gasteiger partial charge on any atom is -0.453 e. The summed E-state index contributed by atoms with van der Waals surface area (Å²) in [6, 6.07) is 7.97. The van der Waals surface area contributed by atoms with Crippen molar-refractivity contribution in [1.82, 2.24) is 0 Å². The second-order valence-electron chi connectivity index (χ2n) is 4.78. The molecule has 0 radical (unpaired) electrons. The lowest BCUT2D eigenvalue weighted by Gasteiger charge is -2.14. The zero-order chi connectivity index (χ0) is 13.7. The maximum absolute atomic E-state index is 10.7. The molecule has 0 bridgehead atoms. The van der Waals surface area contributed by atoms with E-state index >= 15 is 0 Å². The van der Waals surface area contributed by atoms with Gasteiger partial charge in [0.2, 0.25) is 0 Å². The molecule has 2 aromatic rings. The maximum Gasteiger partial charge on any atom is 0.185 e. The Morgan fingerprint density at radius 2 is 1.95 bits per heavy atom. The van der Waals surface area contributed by atoms with Gasteiger partial charge in [0.05, 0.1) is 0 Å². The summed E-state index contributed by atoms with van der Waals surface area (Å²) in [6.07, 6.45) is 5.70. The summed E-state index contributed by atoms with van der Waals surface area (Å²) in [5, 5.41) is 1.70. The van der Waals surface area contributed by atoms with Gasteiger partial charge < -0.3 is 4.42 Å². The molecule has 3 heteroatoms. The fourth-order valence-electron chi connectivity index (χ4n) is 2.27. The molecule has 2 nitrogen and oxygen atoms in total. The van der Waals surface area contributed by atoms with E-state index in [4.69, 9.17) is 4.42 Å². The second-order valence-corrected chi connectivity index (χ2v) is 6.16. The highest BCUT2D eigenvalue weighted by molar-refractivity contribution is 8.00. The molecule has 1 aromatic carbocycles. The van der Waals surface area contributed by atoms with E-state index in [0.717, 1.165) is 17.3 Å². The monoisotopic (exact) mass is 276 g/mol. The number of benzene rings is 1. The topological polar surface area (TPSA) is 30.2 Å². The van der Waals surface area contributed by atoms with E-state index in [1.165, 1.54) is 30.6 Å². The van der Waals surface area contributed by atoms with Crippen molar-refractivity contribution in [3.63, 3.8) is 0 Å². The van der Waals surface area contributed by atoms with Crippen LogP contribution in [0.4, 0.5) is 0 Å². The molecule has 0 N–H and O–H groups in total. The van der Waals surface area contributed by atoms with Crippen molar-refractivity contribution in [1.29, 1.82) is 0 Å². The van der Waals surface area contributed by atoms with Crippen LogP contribution >= 0.6 is 11.8 Å². The van der Waals surface area contributed by atoms with Gasteiger partial charge in [-0.05, 0) is 37.1 Å². The molecule has 0 saturated heterocycles. The van der Waals surface area contributed by atoms with Crippen molar-refractivity contribution >= 4 is 29.0 Å². The van der Waals surface area contributed by atoms with Gasteiger partial charge >= 0.3 is 0 Å². The van der Waals surface area contributed by atoms with Crippen LogP contribution in [0.15, 0.2) is 33.6 Å². The highest BCUT2D eigenvalue weighted by Crippen LogP contribution is 2.32. The standard InChI is InChI=1S/C16H20O2S/c1-3-5-14(6-4-2)19-15-7-8-16-12(10-15)9-13(11-17)18-16/h7-11,14H,3-6H2,1-2H3. The zero-order valence-corrected chi connectivity index (χ0v) is 12.3. The van der Waals surface area contributed by atoms with E-state index in [1.807, 2.05) is 17.8 Å². The molecule has 19 heavy (non-hydrogen) atoms. The molecule has 0 spiro atoms. The quantitative estimate of drug-likeness (QED) is 0.507. The molecule has 1 aromatic heterocycles. The van der Waals surface area contributed by atoms with E-state index in [0.29, 0.717) is 11.0 Å². The van der Waals surface area contributed by atoms with Crippen LogP contribution in [0.1, 0.15) is 50.1 Å². The van der Waals surface area contributed by atoms with Gasteiger partial charge in [-0.1, -0.05) is 26.7 Å². The van der Waals surface area contributed by atoms with Gasteiger partial charge in [0.25, 0.3) is 0 Å². The number of hydrogen-bond acceptors (Lipinski definition) is 3. The molecule has 0 amide bonds. The Hall–Kier alpha value is -1.22. The summed E-state index contributed by atoms with van der Waals surface area (Å²) in [4.78, 5) is 12.0. The molecule has 0 aliphatic heterocycles. The molecule has 0 saturated carbocycles. The van der Waals surface area contributed by atoms with Crippen LogP contribution in [0.5, 0.6) is 0 Å². The van der Waals surface area contributed by atoms with E-state index in [2.05, 4.69) is 26.0 Å². The fourth-order valence-corrected chi connectivity index (χ4v) is 3.71. The first-order valence-corrected chi connectivity index (χ1v) is 7.80. The van der Waals surface area contributed by atoms with Crippen LogP contribution in [-0.2, 0) is 0 Å². The zero-order valence-electron chi connectivity index (χ0n) is 11.5. The van der Waals surface area contributed by atoms with Gasteiger partial charge in [-0.25, -0.2) is 0 Å². The molecule has 2 rings (SSSR count). The number of hydrogen-bond donors (Lipinski definition) is 0. The lowest BCUT2D eigenvalue weighted by Crippen LogP contribution is -2.00. The summed E-state index contributed by atoms with van der Waals surface area (Å²) in [5.41, 5.74) is 0.786. The first kappa shape index (κ1) is 14.2. The van der Waals surface area contributed by atoms with Gasteiger partial charge in [0, 0.05) is 15.5 Å². The fraction of sp³-hybridized carbons (Fsp3) is 0.438. The third kappa shape index (κ3) is 3.63. The Labute approximate surface area is 118 Å². The van der Waals surface area contributed by atoms with Gasteiger partial charge in [-0.15, -0.1) is 11.8 Å². The Morgan fingerprint density at radius 3 is 2.58 bits per heavy atom. The van der Waals surface area contributed by atoms with Crippen LogP contribution in [-0.4, -0.2) is 11.5 Å². The second kappa shape index (κ2) is 6.80. The number of thioether (sulfide) groups is 1. The first-order chi connectivity index (χ1) is 9.26. The van der Waals surface area contributed by atoms with Gasteiger partial charge in [0.1, 0.15) is 5.58 Å². The Morgan fingerprint density at radius 1 is 1.21 bits per heavy atom. The molecule has 0 fully saturated rings. The summed E-state index contributed by atoms with van der Waals surface area (Å²) in [6.45, 7) is 4.47. The average Bonchev–Trinajstić information content (AvgIpc) is 2.81. The van der Waals surface area contributed by atoms with Crippen LogP contribution in [0, 0.1) is 0 Å². The summed E-state index contributed by atoms with van der Waals surface area (Å²) in [7, 11) is 0. The van der Waals surface area contributed by atoms with Crippen molar-refractivity contribution in [2.45, 2.75) is 49.7 Å². The third-order valence-electron chi connectivity index (χ3n) is 3.15. The van der Waals surface area contributed by atoms with Gasteiger partial charge in [-0.2, -0.15) is 0 Å². The normalized spacial score (nSPS) is 11.3. The predicted octanol–water partition coefficient (Wildman–Crippen LogP) is 5.31. The van der Waals surface area contributed by atoms with Crippen molar-refractivity contribution in [3.8, 4) is 0 Å². The van der Waals surface area contributed by atoms with E-state index in [-0.39, 0.29) is 0 Å². The number of carbonyl (C=O) groups excluding carboxylic acids is 1. The Kier molecular flexibility index (Phi) is 5.08. The van der Waals surface area contributed by atoms with Crippen LogP contribution in [0.3, 0.4) is 0 Å². The summed E-state index contributed by atoms with van der Waals surface area (Å²) >= 11 is 1.94. The molecule has 0 aliphatic carbocycles. The van der Waals surface area contributed by atoms with Crippen LogP contribution in [0.2, 0.25) is 0 Å². The number of carbonyl (C=O) groups is 1. The van der Waals surface area contributed by atoms with E-state index < -0.39 is 0 Å². The Bertz CT molecular complexity index is 539. The molecular formula is C16H20O2S. The van der Waals surface area contributed by atoms with E-state index in [1.54, 1.807) is 6.07 Å². The van der Waals surface area contributed by atoms with Gasteiger partial charge in [-0.3, -0.25) is 4.79 Å². The Balaban J connectivity index is 2.17. The molecule has 0 unspecified atom stereocenters. The van der Waals surface area contributed by atoms with Crippen molar-refractivity contribution < 1.29 is 9.21 Å². The SMILES string of the molecule is CCCC(CCC)Sc1ccc2oc(C=O)cc2c1. The summed E-state index contributed by atoms with van der Waals surface area (Å²) < 4.78 is 5.39. The lowest BCUT2D eigenvalue weighted by atomic mass is 10.2. The third-order valence-corrected chi connectivity index (χ3v) is 4.48. The predicted molar refractivity (Wildman–Crippen MR) is 81.1 cm³/mol. The first-order valence-electron chi connectivity index (χ1n) is 6.92. The number of furan rings is 1. The molecule has 102 valence electrons. The highest BCUT2D eigenvalue weighted by Gasteiger charge is 2.10. The molecule has 0 atom stereocenters. The highest BCUT2D eigenvalue weighted by atomic mass is 32.2. The minimum absolute atomic E-state index is 0.399. The van der Waals surface area contributed by atoms with Gasteiger partial charge in [0.15, 0.2) is 12.0 Å². The number of fused-ring (bicyclic) bond motifs is 1. The summed E-state index contributed by atoms with van der Waals surface area (Å²) in [5.74, 6) is 0.399. The number of aldehydes is 1. The average molecular weight is 276 g/mol. The van der Waals surface area contributed by atoms with E-state index in [9.17, 15) is 4.79 Å². The van der Waals surface area contributed by atoms with Crippen LogP contribution in [0.25, 0.3) is 11.0 Å². The van der Waals surface area contributed by atoms with Crippen molar-refractivity contribution in [2.24, 2.45) is 0 Å². The van der Waals surface area contributed by atoms with Crippen LogP contribution < -0.4 is 0 Å². The molecular weight excluding hydrogens is 256 g/mol. The minimum atomic E-state index is 0.399. The van der Waals surface area contributed by atoms with Crippen molar-refractivity contribution in [3.05, 3.63) is 30.0 Å². The smallest absolute Gasteiger partial charge is 0.185 e. The number of rotatable bonds is 7. The molecule has 1 heterocycles. The largest absolute Gasteiger partial charge is 0.453 e. The van der Waals surface area contributed by atoms with Crippen molar-refractivity contribution in [2.75, 3.05) is 0 Å². The molecule has 0 aliphatic rings. The maximum atomic E-state index is 10.7.